The summed E-state index contributed by atoms with van der Waals surface area (Å²) in [6.45, 7) is 5.15. The van der Waals surface area contributed by atoms with Gasteiger partial charge in [-0.3, -0.25) is 4.79 Å². The molecule has 2 fully saturated rings. The molecule has 28 heavy (non-hydrogen) atoms. The molecule has 1 aromatic heterocycles. The molecular formula is C18H31ClN4O4S. The molecule has 0 bridgehead atoms. The van der Waals surface area contributed by atoms with E-state index in [9.17, 15) is 13.2 Å². The van der Waals surface area contributed by atoms with Gasteiger partial charge in [0.25, 0.3) is 0 Å². The first-order valence-corrected chi connectivity index (χ1v) is 11.1. The maximum Gasteiger partial charge on any atom is 0.248 e. The van der Waals surface area contributed by atoms with E-state index >= 15 is 0 Å². The molecule has 1 aromatic rings. The van der Waals surface area contributed by atoms with Crippen molar-refractivity contribution < 1.29 is 17.7 Å². The molecule has 0 aromatic carbocycles. The van der Waals surface area contributed by atoms with E-state index in [-0.39, 0.29) is 41.7 Å². The SMILES string of the molecule is Cc1noc(C)c1S(=O)(=O)N1CCN(C(=O)CC2(CN)CCCCC2)CC1.Cl. The fraction of sp³-hybridized carbons (Fsp3) is 0.778. The number of carbonyl (C=O) groups is 1. The van der Waals surface area contributed by atoms with Crippen LogP contribution in [0.5, 0.6) is 0 Å². The highest BCUT2D eigenvalue weighted by Gasteiger charge is 2.37. The van der Waals surface area contributed by atoms with Crippen molar-refractivity contribution in [3.05, 3.63) is 11.5 Å². The molecule has 1 aliphatic heterocycles. The number of nitrogens with two attached hydrogens (primary N) is 1. The number of halogens is 1. The van der Waals surface area contributed by atoms with E-state index in [0.717, 1.165) is 25.7 Å². The van der Waals surface area contributed by atoms with Crippen LogP contribution in [0.25, 0.3) is 0 Å². The molecule has 10 heteroatoms. The summed E-state index contributed by atoms with van der Waals surface area (Å²) in [5.74, 6) is 0.393. The van der Waals surface area contributed by atoms with Gasteiger partial charge in [-0.1, -0.05) is 24.4 Å². The van der Waals surface area contributed by atoms with Crippen LogP contribution in [0.4, 0.5) is 0 Å². The maximum atomic E-state index is 12.9. The van der Waals surface area contributed by atoms with Crippen molar-refractivity contribution in [1.29, 1.82) is 0 Å². The first-order valence-electron chi connectivity index (χ1n) is 9.70. The van der Waals surface area contributed by atoms with E-state index in [1.807, 2.05) is 0 Å². The Balaban J connectivity index is 0.00000280. The minimum absolute atomic E-state index is 0. The predicted octanol–water partition coefficient (Wildman–Crippen LogP) is 1.85. The molecule has 1 aliphatic carbocycles. The molecule has 160 valence electrons. The lowest BCUT2D eigenvalue weighted by Gasteiger charge is -2.39. The van der Waals surface area contributed by atoms with Crippen molar-refractivity contribution >= 4 is 28.3 Å². The van der Waals surface area contributed by atoms with E-state index in [0.29, 0.717) is 37.5 Å². The van der Waals surface area contributed by atoms with Crippen LogP contribution in [-0.4, -0.2) is 61.4 Å². The molecule has 2 aliphatic rings. The zero-order valence-electron chi connectivity index (χ0n) is 16.6. The van der Waals surface area contributed by atoms with Crippen LogP contribution in [0.1, 0.15) is 50.0 Å². The summed E-state index contributed by atoms with van der Waals surface area (Å²) < 4.78 is 32.2. The van der Waals surface area contributed by atoms with Crippen LogP contribution < -0.4 is 5.73 Å². The van der Waals surface area contributed by atoms with Crippen LogP contribution in [0, 0.1) is 19.3 Å². The van der Waals surface area contributed by atoms with Gasteiger partial charge < -0.3 is 15.2 Å². The number of hydrogen-bond donors (Lipinski definition) is 1. The highest BCUT2D eigenvalue weighted by Crippen LogP contribution is 2.39. The van der Waals surface area contributed by atoms with Gasteiger partial charge in [-0.25, -0.2) is 8.42 Å². The Labute approximate surface area is 173 Å². The number of carbonyl (C=O) groups excluding carboxylic acids is 1. The summed E-state index contributed by atoms with van der Waals surface area (Å²) >= 11 is 0. The topological polar surface area (TPSA) is 110 Å². The highest BCUT2D eigenvalue weighted by atomic mass is 35.5. The van der Waals surface area contributed by atoms with Crippen molar-refractivity contribution in [2.24, 2.45) is 11.1 Å². The fourth-order valence-electron chi connectivity index (χ4n) is 4.34. The zero-order chi connectivity index (χ0) is 19.7. The number of aryl methyl sites for hydroxylation is 2. The molecule has 3 rings (SSSR count). The van der Waals surface area contributed by atoms with Crippen molar-refractivity contribution in [3.8, 4) is 0 Å². The number of aromatic nitrogens is 1. The Hall–Kier alpha value is -1.16. The lowest BCUT2D eigenvalue weighted by atomic mass is 9.71. The Morgan fingerprint density at radius 3 is 2.25 bits per heavy atom. The summed E-state index contributed by atoms with van der Waals surface area (Å²) in [5.41, 5.74) is 6.30. The van der Waals surface area contributed by atoms with Gasteiger partial charge in [-0.2, -0.15) is 4.31 Å². The molecule has 2 N–H and O–H groups in total. The van der Waals surface area contributed by atoms with Gasteiger partial charge >= 0.3 is 0 Å². The monoisotopic (exact) mass is 434 g/mol. The molecule has 1 amide bonds. The average molecular weight is 435 g/mol. The van der Waals surface area contributed by atoms with E-state index in [2.05, 4.69) is 5.16 Å². The number of sulfonamides is 1. The smallest absolute Gasteiger partial charge is 0.248 e. The van der Waals surface area contributed by atoms with E-state index in [1.54, 1.807) is 18.7 Å². The molecule has 0 unspecified atom stereocenters. The molecule has 8 nitrogen and oxygen atoms in total. The van der Waals surface area contributed by atoms with Crippen LogP contribution in [0.3, 0.4) is 0 Å². The number of hydrogen-bond acceptors (Lipinski definition) is 6. The molecule has 2 heterocycles. The van der Waals surface area contributed by atoms with Crippen LogP contribution in [0.2, 0.25) is 0 Å². The summed E-state index contributed by atoms with van der Waals surface area (Å²) in [6, 6.07) is 0. The summed E-state index contributed by atoms with van der Waals surface area (Å²) in [5, 5.41) is 3.75. The van der Waals surface area contributed by atoms with Crippen molar-refractivity contribution in [3.63, 3.8) is 0 Å². The first-order chi connectivity index (χ1) is 12.8. The van der Waals surface area contributed by atoms with Crippen LogP contribution in [0.15, 0.2) is 9.42 Å². The number of nitrogens with zero attached hydrogens (tertiary/aromatic N) is 3. The molecule has 1 saturated carbocycles. The first kappa shape index (κ1) is 23.1. The fourth-order valence-corrected chi connectivity index (χ4v) is 6.05. The number of amides is 1. The predicted molar refractivity (Wildman–Crippen MR) is 108 cm³/mol. The third kappa shape index (κ3) is 4.53. The minimum Gasteiger partial charge on any atom is -0.360 e. The van der Waals surface area contributed by atoms with Gasteiger partial charge in [0.05, 0.1) is 0 Å². The second-order valence-electron chi connectivity index (χ2n) is 7.88. The normalized spacial score (nSPS) is 20.6. The molecule has 0 atom stereocenters. The largest absolute Gasteiger partial charge is 0.360 e. The van der Waals surface area contributed by atoms with Gasteiger partial charge in [0.1, 0.15) is 10.6 Å². The van der Waals surface area contributed by atoms with E-state index in [1.165, 1.54) is 10.7 Å². The Morgan fingerprint density at radius 2 is 1.75 bits per heavy atom. The van der Waals surface area contributed by atoms with E-state index < -0.39 is 10.0 Å². The van der Waals surface area contributed by atoms with Crippen molar-refractivity contribution in [2.45, 2.75) is 57.3 Å². The Morgan fingerprint density at radius 1 is 1.14 bits per heavy atom. The highest BCUT2D eigenvalue weighted by molar-refractivity contribution is 7.89. The van der Waals surface area contributed by atoms with Gasteiger partial charge in [-0.05, 0) is 38.6 Å². The minimum atomic E-state index is -3.65. The third-order valence-electron chi connectivity index (χ3n) is 6.03. The van der Waals surface area contributed by atoms with Crippen LogP contribution >= 0.6 is 12.4 Å². The quantitative estimate of drug-likeness (QED) is 0.757. The molecule has 0 radical (unpaired) electrons. The average Bonchev–Trinajstić information content (AvgIpc) is 3.01. The van der Waals surface area contributed by atoms with Crippen LogP contribution in [-0.2, 0) is 14.8 Å². The standard InChI is InChI=1S/C18H30N4O4S.ClH/c1-14-17(15(2)26-20-14)27(24,25)22-10-8-21(9-11-22)16(23)12-18(13-19)6-4-3-5-7-18;/h3-13,19H2,1-2H3;1H. The summed E-state index contributed by atoms with van der Waals surface area (Å²) in [4.78, 5) is 14.7. The Kier molecular flexibility index (Phi) is 7.52. The zero-order valence-corrected chi connectivity index (χ0v) is 18.3. The molecular weight excluding hydrogens is 404 g/mol. The van der Waals surface area contributed by atoms with Gasteiger partial charge in [-0.15, -0.1) is 12.4 Å². The Bertz CT molecular complexity index is 762. The summed E-state index contributed by atoms with van der Waals surface area (Å²) in [6.07, 6.45) is 5.97. The van der Waals surface area contributed by atoms with Gasteiger partial charge in [0.2, 0.25) is 15.9 Å². The van der Waals surface area contributed by atoms with Crippen molar-refractivity contribution in [1.82, 2.24) is 14.4 Å². The maximum absolute atomic E-state index is 12.9. The lowest BCUT2D eigenvalue weighted by Crippen LogP contribution is -2.51. The third-order valence-corrected chi connectivity index (χ3v) is 8.17. The molecule has 1 saturated heterocycles. The van der Waals surface area contributed by atoms with Crippen molar-refractivity contribution in [2.75, 3.05) is 32.7 Å². The van der Waals surface area contributed by atoms with Gasteiger partial charge in [0.15, 0.2) is 5.76 Å². The number of piperazine rings is 1. The second-order valence-corrected chi connectivity index (χ2v) is 9.75. The number of rotatable bonds is 5. The second kappa shape index (κ2) is 9.11. The lowest BCUT2D eigenvalue weighted by molar-refractivity contribution is -0.135. The van der Waals surface area contributed by atoms with Gasteiger partial charge in [0, 0.05) is 32.6 Å². The van der Waals surface area contributed by atoms with E-state index in [4.69, 9.17) is 10.3 Å². The molecule has 0 spiro atoms. The summed E-state index contributed by atoms with van der Waals surface area (Å²) in [7, 11) is -3.65.